The first-order valence-corrected chi connectivity index (χ1v) is 5.44. The van der Waals surface area contributed by atoms with E-state index in [1.165, 1.54) is 0 Å². The van der Waals surface area contributed by atoms with E-state index < -0.39 is 5.91 Å². The van der Waals surface area contributed by atoms with E-state index in [1.807, 2.05) is 0 Å². The molecule has 1 amide bonds. The van der Waals surface area contributed by atoms with Crippen molar-refractivity contribution >= 4 is 17.3 Å². The largest absolute Gasteiger partial charge is 0.399 e. The van der Waals surface area contributed by atoms with Crippen molar-refractivity contribution in [3.8, 4) is 0 Å². The molecule has 5 N–H and O–H groups in total. The lowest BCUT2D eigenvalue weighted by Gasteiger charge is -2.12. The van der Waals surface area contributed by atoms with Crippen molar-refractivity contribution in [1.82, 2.24) is 0 Å². The Bertz CT molecular complexity index is 375. The maximum atomic E-state index is 11.2. The van der Waals surface area contributed by atoms with E-state index in [-0.39, 0.29) is 0 Å². The van der Waals surface area contributed by atoms with Crippen molar-refractivity contribution in [3.05, 3.63) is 23.8 Å². The number of amides is 1. The van der Waals surface area contributed by atoms with Gasteiger partial charge >= 0.3 is 0 Å². The van der Waals surface area contributed by atoms with Crippen molar-refractivity contribution in [2.75, 3.05) is 17.6 Å². The molecule has 0 aromatic heterocycles. The maximum absolute atomic E-state index is 11.2. The standard InChI is InChI=1S/C12H19N3O/c1-8(2)5-6-15-11-7-9(13)3-4-10(11)12(14)16/h3-4,7-8,15H,5-6,13H2,1-2H3,(H2,14,16). The van der Waals surface area contributed by atoms with E-state index in [0.717, 1.165) is 13.0 Å². The fourth-order valence-corrected chi connectivity index (χ4v) is 1.42. The van der Waals surface area contributed by atoms with Crippen LogP contribution in [0.25, 0.3) is 0 Å². The minimum atomic E-state index is -0.438. The molecule has 88 valence electrons. The molecule has 0 aliphatic rings. The number of carbonyl (C=O) groups excluding carboxylic acids is 1. The van der Waals surface area contributed by atoms with Gasteiger partial charge in [0.05, 0.1) is 5.56 Å². The number of hydrogen-bond donors (Lipinski definition) is 3. The van der Waals surface area contributed by atoms with E-state index in [9.17, 15) is 4.79 Å². The number of anilines is 2. The van der Waals surface area contributed by atoms with Crippen LogP contribution in [0.15, 0.2) is 18.2 Å². The van der Waals surface area contributed by atoms with Crippen LogP contribution in [0.3, 0.4) is 0 Å². The number of nitrogens with one attached hydrogen (secondary N) is 1. The second kappa shape index (κ2) is 5.39. The molecule has 0 fully saturated rings. The Morgan fingerprint density at radius 3 is 2.69 bits per heavy atom. The van der Waals surface area contributed by atoms with E-state index >= 15 is 0 Å². The lowest BCUT2D eigenvalue weighted by atomic mass is 10.1. The third kappa shape index (κ3) is 3.46. The average Bonchev–Trinajstić information content (AvgIpc) is 2.16. The lowest BCUT2D eigenvalue weighted by molar-refractivity contribution is 0.100. The van der Waals surface area contributed by atoms with Crippen LogP contribution in [0.1, 0.15) is 30.6 Å². The van der Waals surface area contributed by atoms with Crippen molar-refractivity contribution < 1.29 is 4.79 Å². The van der Waals surface area contributed by atoms with Crippen molar-refractivity contribution in [1.29, 1.82) is 0 Å². The summed E-state index contributed by atoms with van der Waals surface area (Å²) in [5.41, 5.74) is 12.8. The summed E-state index contributed by atoms with van der Waals surface area (Å²) in [6.45, 7) is 5.10. The molecule has 0 heterocycles. The van der Waals surface area contributed by atoms with Crippen LogP contribution >= 0.6 is 0 Å². The van der Waals surface area contributed by atoms with Gasteiger partial charge < -0.3 is 16.8 Å². The topological polar surface area (TPSA) is 81.1 Å². The summed E-state index contributed by atoms with van der Waals surface area (Å²) in [6, 6.07) is 5.06. The lowest BCUT2D eigenvalue weighted by Crippen LogP contribution is -2.15. The number of nitrogens with two attached hydrogens (primary N) is 2. The second-order valence-corrected chi connectivity index (χ2v) is 4.28. The third-order valence-electron chi connectivity index (χ3n) is 2.35. The molecule has 0 saturated heterocycles. The first-order chi connectivity index (χ1) is 7.50. The molecule has 0 radical (unpaired) electrons. The van der Waals surface area contributed by atoms with Crippen molar-refractivity contribution in [2.45, 2.75) is 20.3 Å². The van der Waals surface area contributed by atoms with Gasteiger partial charge in [-0.1, -0.05) is 13.8 Å². The van der Waals surface area contributed by atoms with Gasteiger partial charge in [0.15, 0.2) is 0 Å². The monoisotopic (exact) mass is 221 g/mol. The molecule has 1 rings (SSSR count). The molecule has 0 spiro atoms. The van der Waals surface area contributed by atoms with Crippen molar-refractivity contribution in [2.24, 2.45) is 11.7 Å². The fraction of sp³-hybridized carbons (Fsp3) is 0.417. The van der Waals surface area contributed by atoms with E-state index in [0.29, 0.717) is 22.9 Å². The number of hydrogen-bond acceptors (Lipinski definition) is 3. The van der Waals surface area contributed by atoms with Crippen LogP contribution in [0.2, 0.25) is 0 Å². The molecule has 4 nitrogen and oxygen atoms in total. The Morgan fingerprint density at radius 1 is 1.44 bits per heavy atom. The Hall–Kier alpha value is -1.71. The summed E-state index contributed by atoms with van der Waals surface area (Å²) in [5, 5.41) is 3.19. The minimum Gasteiger partial charge on any atom is -0.399 e. The van der Waals surface area contributed by atoms with Crippen LogP contribution in [0, 0.1) is 5.92 Å². The Morgan fingerprint density at radius 2 is 2.12 bits per heavy atom. The summed E-state index contributed by atoms with van der Waals surface area (Å²) in [4.78, 5) is 11.2. The predicted octanol–water partition coefficient (Wildman–Crippen LogP) is 1.83. The molecular formula is C12H19N3O. The zero-order valence-corrected chi connectivity index (χ0v) is 9.79. The first kappa shape index (κ1) is 12.4. The molecule has 0 atom stereocenters. The van der Waals surface area contributed by atoms with Crippen molar-refractivity contribution in [3.63, 3.8) is 0 Å². The quantitative estimate of drug-likeness (QED) is 0.663. The second-order valence-electron chi connectivity index (χ2n) is 4.28. The number of primary amides is 1. The number of nitrogen functional groups attached to an aromatic ring is 1. The van der Waals surface area contributed by atoms with Gasteiger partial charge in [-0.25, -0.2) is 0 Å². The molecule has 4 heteroatoms. The van der Waals surface area contributed by atoms with Crippen LogP contribution in [-0.2, 0) is 0 Å². The van der Waals surface area contributed by atoms with Gasteiger partial charge in [-0.15, -0.1) is 0 Å². The fourth-order valence-electron chi connectivity index (χ4n) is 1.42. The molecule has 0 unspecified atom stereocenters. The van der Waals surface area contributed by atoms with E-state index in [4.69, 9.17) is 11.5 Å². The first-order valence-electron chi connectivity index (χ1n) is 5.44. The van der Waals surface area contributed by atoms with Crippen LogP contribution < -0.4 is 16.8 Å². The number of carbonyl (C=O) groups is 1. The van der Waals surface area contributed by atoms with Crippen LogP contribution in [0.5, 0.6) is 0 Å². The van der Waals surface area contributed by atoms with Gasteiger partial charge in [-0.2, -0.15) is 0 Å². The normalized spacial score (nSPS) is 10.4. The molecule has 0 saturated carbocycles. The van der Waals surface area contributed by atoms with Gasteiger partial charge in [0, 0.05) is 17.9 Å². The average molecular weight is 221 g/mol. The Labute approximate surface area is 96.0 Å². The molecule has 0 aliphatic heterocycles. The summed E-state index contributed by atoms with van der Waals surface area (Å²) in [5.74, 6) is 0.178. The highest BCUT2D eigenvalue weighted by Gasteiger charge is 2.07. The molecule has 1 aromatic carbocycles. The highest BCUT2D eigenvalue weighted by molar-refractivity contribution is 5.99. The summed E-state index contributed by atoms with van der Waals surface area (Å²) in [7, 11) is 0. The summed E-state index contributed by atoms with van der Waals surface area (Å²) in [6.07, 6.45) is 1.03. The van der Waals surface area contributed by atoms with Gasteiger partial charge in [0.25, 0.3) is 5.91 Å². The molecule has 0 aliphatic carbocycles. The number of benzene rings is 1. The van der Waals surface area contributed by atoms with Gasteiger partial charge in [0.1, 0.15) is 0 Å². The Balaban J connectivity index is 2.76. The minimum absolute atomic E-state index is 0.438. The highest BCUT2D eigenvalue weighted by atomic mass is 16.1. The highest BCUT2D eigenvalue weighted by Crippen LogP contribution is 2.19. The zero-order chi connectivity index (χ0) is 12.1. The summed E-state index contributed by atoms with van der Waals surface area (Å²) < 4.78 is 0. The van der Waals surface area contributed by atoms with Crippen LogP contribution in [0.4, 0.5) is 11.4 Å². The van der Waals surface area contributed by atoms with Crippen LogP contribution in [-0.4, -0.2) is 12.5 Å². The molecular weight excluding hydrogens is 202 g/mol. The predicted molar refractivity (Wildman–Crippen MR) is 67.3 cm³/mol. The van der Waals surface area contributed by atoms with E-state index in [1.54, 1.807) is 18.2 Å². The number of rotatable bonds is 5. The van der Waals surface area contributed by atoms with Gasteiger partial charge in [0.2, 0.25) is 0 Å². The zero-order valence-electron chi connectivity index (χ0n) is 9.79. The molecule has 1 aromatic rings. The Kier molecular flexibility index (Phi) is 4.17. The summed E-state index contributed by atoms with van der Waals surface area (Å²) >= 11 is 0. The van der Waals surface area contributed by atoms with Gasteiger partial charge in [-0.05, 0) is 30.5 Å². The molecule has 0 bridgehead atoms. The third-order valence-corrected chi connectivity index (χ3v) is 2.35. The maximum Gasteiger partial charge on any atom is 0.250 e. The smallest absolute Gasteiger partial charge is 0.250 e. The van der Waals surface area contributed by atoms with Gasteiger partial charge in [-0.3, -0.25) is 4.79 Å². The molecule has 16 heavy (non-hydrogen) atoms. The van der Waals surface area contributed by atoms with E-state index in [2.05, 4.69) is 19.2 Å². The SMILES string of the molecule is CC(C)CCNc1cc(N)ccc1C(N)=O.